The van der Waals surface area contributed by atoms with Crippen molar-refractivity contribution in [1.29, 1.82) is 0 Å². The highest BCUT2D eigenvalue weighted by molar-refractivity contribution is 5.74. The molecule has 4 rings (SSSR count). The Morgan fingerprint density at radius 2 is 1.48 bits per heavy atom. The number of anilines is 1. The lowest BCUT2D eigenvalue weighted by atomic mass is 10.2. The van der Waals surface area contributed by atoms with Crippen molar-refractivity contribution in [3.63, 3.8) is 0 Å². The zero-order chi connectivity index (χ0) is 18.5. The second-order valence-corrected chi connectivity index (χ2v) is 7.32. The van der Waals surface area contributed by atoms with Crippen LogP contribution in [0, 0.1) is 0 Å². The van der Waals surface area contributed by atoms with Crippen LogP contribution in [0.15, 0.2) is 59.4 Å². The highest BCUT2D eigenvalue weighted by atomic mass is 16.1. The van der Waals surface area contributed by atoms with E-state index >= 15 is 0 Å². The number of rotatable bonds is 7. The molecule has 5 nitrogen and oxygen atoms in total. The molecule has 142 valence electrons. The van der Waals surface area contributed by atoms with Crippen molar-refractivity contribution in [3.05, 3.63) is 65.1 Å². The normalized spacial score (nSPS) is 15.5. The Labute approximate surface area is 160 Å². The van der Waals surface area contributed by atoms with Gasteiger partial charge in [-0.3, -0.25) is 9.47 Å². The van der Waals surface area contributed by atoms with Crippen molar-refractivity contribution >= 4 is 16.7 Å². The molecular weight excluding hydrogens is 336 g/mol. The average Bonchev–Trinajstić information content (AvgIpc) is 3.04. The summed E-state index contributed by atoms with van der Waals surface area (Å²) in [6.07, 6.45) is 3.40. The number of hydrogen-bond acceptors (Lipinski definition) is 3. The minimum Gasteiger partial charge on any atom is -0.369 e. The Kier molecular flexibility index (Phi) is 5.58. The molecule has 1 fully saturated rings. The molecule has 0 unspecified atom stereocenters. The summed E-state index contributed by atoms with van der Waals surface area (Å²) in [5.74, 6) is 0. The third kappa shape index (κ3) is 4.25. The number of hydrogen-bond donors (Lipinski definition) is 1. The Bertz CT molecular complexity index is 907. The van der Waals surface area contributed by atoms with E-state index in [0.717, 1.165) is 63.1 Å². The summed E-state index contributed by atoms with van der Waals surface area (Å²) >= 11 is 0. The lowest BCUT2D eigenvalue weighted by molar-refractivity contribution is 0.251. The van der Waals surface area contributed by atoms with Crippen molar-refractivity contribution in [3.8, 4) is 0 Å². The molecule has 2 aromatic carbocycles. The predicted molar refractivity (Wildman–Crippen MR) is 112 cm³/mol. The molecule has 2 heterocycles. The molecule has 27 heavy (non-hydrogen) atoms. The van der Waals surface area contributed by atoms with Gasteiger partial charge >= 0.3 is 5.69 Å². The Morgan fingerprint density at radius 3 is 2.30 bits per heavy atom. The van der Waals surface area contributed by atoms with E-state index in [4.69, 9.17) is 0 Å². The average molecular weight is 364 g/mol. The molecule has 1 aliphatic heterocycles. The first-order valence-electron chi connectivity index (χ1n) is 10.0. The van der Waals surface area contributed by atoms with Gasteiger partial charge in [0, 0.05) is 38.4 Å². The SMILES string of the molecule is O=c1[nH]c2ccccc2n1CCCCCN1CCN(c2ccccc2)CC1. The van der Waals surface area contributed by atoms with Gasteiger partial charge in [0.25, 0.3) is 0 Å². The maximum Gasteiger partial charge on any atom is 0.326 e. The number of aryl methyl sites for hydroxylation is 1. The van der Waals surface area contributed by atoms with Crippen LogP contribution in [0.2, 0.25) is 0 Å². The maximum absolute atomic E-state index is 12.1. The monoisotopic (exact) mass is 364 g/mol. The molecule has 0 bridgehead atoms. The number of fused-ring (bicyclic) bond motifs is 1. The van der Waals surface area contributed by atoms with Gasteiger partial charge < -0.3 is 9.88 Å². The molecule has 1 aliphatic rings. The molecule has 0 aliphatic carbocycles. The summed E-state index contributed by atoms with van der Waals surface area (Å²) in [6, 6.07) is 18.6. The number of nitrogens with zero attached hydrogens (tertiary/aromatic N) is 3. The van der Waals surface area contributed by atoms with Gasteiger partial charge in [0.1, 0.15) is 0 Å². The van der Waals surface area contributed by atoms with Crippen LogP contribution in [-0.4, -0.2) is 47.2 Å². The zero-order valence-electron chi connectivity index (χ0n) is 15.8. The number of H-pyrrole nitrogens is 1. The molecule has 1 aromatic heterocycles. The fourth-order valence-corrected chi connectivity index (χ4v) is 3.98. The summed E-state index contributed by atoms with van der Waals surface area (Å²) in [7, 11) is 0. The molecule has 1 saturated heterocycles. The highest BCUT2D eigenvalue weighted by Gasteiger charge is 2.16. The third-order valence-corrected chi connectivity index (χ3v) is 5.53. The van der Waals surface area contributed by atoms with Gasteiger partial charge in [0.2, 0.25) is 0 Å². The van der Waals surface area contributed by atoms with E-state index in [1.165, 1.54) is 12.1 Å². The number of unbranched alkanes of at least 4 members (excludes halogenated alkanes) is 2. The summed E-state index contributed by atoms with van der Waals surface area (Å²) in [5, 5.41) is 0. The molecular formula is C22H28N4O. The van der Waals surface area contributed by atoms with Gasteiger partial charge in [0.15, 0.2) is 0 Å². The van der Waals surface area contributed by atoms with Crippen LogP contribution in [0.3, 0.4) is 0 Å². The van der Waals surface area contributed by atoms with Gasteiger partial charge in [0.05, 0.1) is 11.0 Å². The first kappa shape index (κ1) is 17.9. The molecule has 0 spiro atoms. The summed E-state index contributed by atoms with van der Waals surface area (Å²) in [6.45, 7) is 6.44. The van der Waals surface area contributed by atoms with Crippen LogP contribution in [0.4, 0.5) is 5.69 Å². The van der Waals surface area contributed by atoms with Crippen LogP contribution in [0.5, 0.6) is 0 Å². The minimum atomic E-state index is 0.00762. The van der Waals surface area contributed by atoms with Crippen LogP contribution in [0.1, 0.15) is 19.3 Å². The van der Waals surface area contributed by atoms with E-state index in [0.29, 0.717) is 0 Å². The largest absolute Gasteiger partial charge is 0.369 e. The number of para-hydroxylation sites is 3. The molecule has 0 radical (unpaired) electrons. The quantitative estimate of drug-likeness (QED) is 0.654. The summed E-state index contributed by atoms with van der Waals surface area (Å²) in [5.41, 5.74) is 3.29. The fraction of sp³-hybridized carbons (Fsp3) is 0.409. The van der Waals surface area contributed by atoms with Crippen LogP contribution in [-0.2, 0) is 6.54 Å². The van der Waals surface area contributed by atoms with Crippen LogP contribution < -0.4 is 10.6 Å². The van der Waals surface area contributed by atoms with Gasteiger partial charge in [-0.2, -0.15) is 0 Å². The van der Waals surface area contributed by atoms with E-state index < -0.39 is 0 Å². The second kappa shape index (κ2) is 8.44. The summed E-state index contributed by atoms with van der Waals surface area (Å²) < 4.78 is 1.87. The van der Waals surface area contributed by atoms with Gasteiger partial charge in [-0.1, -0.05) is 36.8 Å². The van der Waals surface area contributed by atoms with E-state index in [1.807, 2.05) is 28.8 Å². The van der Waals surface area contributed by atoms with Crippen LogP contribution in [0.25, 0.3) is 11.0 Å². The van der Waals surface area contributed by atoms with Gasteiger partial charge in [-0.05, 0) is 43.7 Å². The number of benzene rings is 2. The lowest BCUT2D eigenvalue weighted by Gasteiger charge is -2.36. The molecule has 0 amide bonds. The van der Waals surface area contributed by atoms with Crippen molar-refractivity contribution in [2.75, 3.05) is 37.6 Å². The van der Waals surface area contributed by atoms with Crippen molar-refractivity contribution in [2.24, 2.45) is 0 Å². The topological polar surface area (TPSA) is 44.3 Å². The van der Waals surface area contributed by atoms with Gasteiger partial charge in [-0.25, -0.2) is 4.79 Å². The number of imidazole rings is 1. The fourth-order valence-electron chi connectivity index (χ4n) is 3.98. The first-order valence-corrected chi connectivity index (χ1v) is 10.0. The third-order valence-electron chi connectivity index (χ3n) is 5.53. The zero-order valence-corrected chi connectivity index (χ0v) is 15.8. The van der Waals surface area contributed by atoms with Gasteiger partial charge in [-0.15, -0.1) is 0 Å². The molecule has 3 aromatic rings. The predicted octanol–water partition coefficient (Wildman–Crippen LogP) is 3.32. The highest BCUT2D eigenvalue weighted by Crippen LogP contribution is 2.16. The standard InChI is InChI=1S/C22H28N4O/c27-22-23-20-11-5-6-12-21(20)26(22)14-8-2-7-13-24-15-17-25(18-16-24)19-9-3-1-4-10-19/h1,3-6,9-12H,2,7-8,13-18H2,(H,23,27). The Balaban J connectivity index is 1.18. The van der Waals surface area contributed by atoms with Crippen molar-refractivity contribution in [1.82, 2.24) is 14.5 Å². The maximum atomic E-state index is 12.1. The molecule has 1 N–H and O–H groups in total. The number of aromatic amines is 1. The lowest BCUT2D eigenvalue weighted by Crippen LogP contribution is -2.46. The summed E-state index contributed by atoms with van der Waals surface area (Å²) in [4.78, 5) is 20.1. The number of aromatic nitrogens is 2. The van der Waals surface area contributed by atoms with Crippen molar-refractivity contribution in [2.45, 2.75) is 25.8 Å². The number of piperazine rings is 1. The van der Waals surface area contributed by atoms with Crippen molar-refractivity contribution < 1.29 is 0 Å². The first-order chi connectivity index (χ1) is 13.3. The Hall–Kier alpha value is -2.53. The molecule has 0 atom stereocenters. The van der Waals surface area contributed by atoms with E-state index in [1.54, 1.807) is 0 Å². The van der Waals surface area contributed by atoms with E-state index in [-0.39, 0.29) is 5.69 Å². The van der Waals surface area contributed by atoms with E-state index in [2.05, 4.69) is 45.1 Å². The Morgan fingerprint density at radius 1 is 0.778 bits per heavy atom. The second-order valence-electron chi connectivity index (χ2n) is 7.32. The van der Waals surface area contributed by atoms with Crippen LogP contribution >= 0.6 is 0 Å². The van der Waals surface area contributed by atoms with E-state index in [9.17, 15) is 4.79 Å². The number of nitrogens with one attached hydrogen (secondary N) is 1. The molecule has 5 heteroatoms. The smallest absolute Gasteiger partial charge is 0.326 e. The molecule has 0 saturated carbocycles. The minimum absolute atomic E-state index is 0.00762.